The van der Waals surface area contributed by atoms with Gasteiger partial charge in [0.2, 0.25) is 0 Å². The third kappa shape index (κ3) is 2.49. The topological polar surface area (TPSA) is 34.0 Å². The number of nitrogens with zero attached hydrogens (tertiary/aromatic N) is 1. The zero-order valence-corrected chi connectivity index (χ0v) is 12.3. The number of halogens is 1. The molecule has 2 aliphatic rings. The van der Waals surface area contributed by atoms with Gasteiger partial charge in [0, 0.05) is 5.46 Å². The summed E-state index contributed by atoms with van der Waals surface area (Å²) >= 11 is 0. The second kappa shape index (κ2) is 4.53. The Kier molecular flexibility index (Phi) is 3.17. The maximum Gasteiger partial charge on any atom is 0.497 e. The predicted octanol–water partition coefficient (Wildman–Crippen LogP) is 1.83. The van der Waals surface area contributed by atoms with Crippen molar-refractivity contribution in [1.82, 2.24) is 5.06 Å². The van der Waals surface area contributed by atoms with E-state index in [1.165, 1.54) is 6.07 Å². The second-order valence-corrected chi connectivity index (χ2v) is 6.34. The fourth-order valence-corrected chi connectivity index (χ4v) is 2.17. The van der Waals surface area contributed by atoms with Gasteiger partial charge in [-0.05, 0) is 39.3 Å². The fraction of sp³-hybridized carbons (Fsp3) is 0.571. The second-order valence-electron chi connectivity index (χ2n) is 6.34. The highest BCUT2D eigenvalue weighted by atomic mass is 19.1. The van der Waals surface area contributed by atoms with Crippen molar-refractivity contribution >= 4 is 12.6 Å². The summed E-state index contributed by atoms with van der Waals surface area (Å²) in [6, 6.07) is 5.13. The number of hydroxylamine groups is 2. The molecular weight excluding hydrogens is 260 g/mol. The Balaban J connectivity index is 1.80. The van der Waals surface area contributed by atoms with E-state index < -0.39 is 18.3 Å². The van der Waals surface area contributed by atoms with E-state index in [-0.39, 0.29) is 5.82 Å². The molecule has 1 aromatic rings. The summed E-state index contributed by atoms with van der Waals surface area (Å²) < 4.78 is 26.0. The molecule has 0 N–H and O–H groups in total. The summed E-state index contributed by atoms with van der Waals surface area (Å²) in [5.41, 5.74) is 0.395. The maximum atomic E-state index is 14.3. The first kappa shape index (κ1) is 14.0. The summed E-state index contributed by atoms with van der Waals surface area (Å²) in [4.78, 5) is 5.00. The van der Waals surface area contributed by atoms with Crippen LogP contribution in [0.25, 0.3) is 0 Å². The minimum absolute atomic E-state index is 0.303. The third-order valence-corrected chi connectivity index (χ3v) is 4.24. The molecule has 6 heteroatoms. The van der Waals surface area contributed by atoms with Crippen molar-refractivity contribution in [2.45, 2.75) is 45.4 Å². The smallest absolute Gasteiger partial charge is 0.399 e. The van der Waals surface area contributed by atoms with E-state index in [0.717, 1.165) is 5.56 Å². The highest BCUT2D eigenvalue weighted by molar-refractivity contribution is 6.62. The Morgan fingerprint density at radius 3 is 2.30 bits per heavy atom. The molecule has 0 aliphatic carbocycles. The molecule has 0 aromatic heterocycles. The Morgan fingerprint density at radius 2 is 1.80 bits per heavy atom. The van der Waals surface area contributed by atoms with Gasteiger partial charge in [-0.25, -0.2) is 4.39 Å². The minimum atomic E-state index is -0.661. The van der Waals surface area contributed by atoms with Crippen molar-refractivity contribution in [1.29, 1.82) is 0 Å². The summed E-state index contributed by atoms with van der Waals surface area (Å²) in [6.45, 7) is 9.03. The molecule has 0 amide bonds. The standard InChI is InChI=1S/C14H19BFNO3/c1-13(2)14(3,4)20-15(19-13)11-6-5-10(7-12(11)16)8-17-9-18-17/h5-7H,8-9H2,1-4H3. The molecule has 0 radical (unpaired) electrons. The van der Waals surface area contributed by atoms with Gasteiger partial charge >= 0.3 is 7.12 Å². The van der Waals surface area contributed by atoms with Crippen LogP contribution in [0.4, 0.5) is 4.39 Å². The van der Waals surface area contributed by atoms with E-state index in [1.54, 1.807) is 11.1 Å². The van der Waals surface area contributed by atoms with E-state index in [0.29, 0.717) is 18.7 Å². The molecule has 0 spiro atoms. The van der Waals surface area contributed by atoms with Gasteiger partial charge in [-0.3, -0.25) is 4.84 Å². The van der Waals surface area contributed by atoms with Gasteiger partial charge in [-0.1, -0.05) is 12.1 Å². The Bertz CT molecular complexity index is 515. The van der Waals surface area contributed by atoms with Crippen LogP contribution in [0.15, 0.2) is 18.2 Å². The van der Waals surface area contributed by atoms with Crippen LogP contribution >= 0.6 is 0 Å². The molecule has 2 aliphatic heterocycles. The van der Waals surface area contributed by atoms with Crippen molar-refractivity contribution in [2.75, 3.05) is 6.73 Å². The molecule has 1 aromatic carbocycles. The number of rotatable bonds is 3. The molecule has 1 unspecified atom stereocenters. The predicted molar refractivity (Wildman–Crippen MR) is 73.6 cm³/mol. The fourth-order valence-electron chi connectivity index (χ4n) is 2.17. The van der Waals surface area contributed by atoms with E-state index in [1.807, 2.05) is 33.8 Å². The van der Waals surface area contributed by atoms with Crippen molar-refractivity contribution in [3.05, 3.63) is 29.6 Å². The molecule has 2 saturated heterocycles. The summed E-state index contributed by atoms with van der Waals surface area (Å²) in [7, 11) is -0.661. The Morgan fingerprint density at radius 1 is 1.20 bits per heavy atom. The SMILES string of the molecule is CC1(C)OB(c2ccc(CN3CO3)cc2F)OC1(C)C. The van der Waals surface area contributed by atoms with Crippen LogP contribution < -0.4 is 5.46 Å². The van der Waals surface area contributed by atoms with E-state index in [9.17, 15) is 4.39 Å². The zero-order valence-electron chi connectivity index (χ0n) is 12.3. The van der Waals surface area contributed by atoms with Gasteiger partial charge < -0.3 is 9.31 Å². The molecule has 2 heterocycles. The van der Waals surface area contributed by atoms with Gasteiger partial charge in [-0.15, -0.1) is 0 Å². The van der Waals surface area contributed by atoms with E-state index >= 15 is 0 Å². The van der Waals surface area contributed by atoms with Gasteiger partial charge in [0.1, 0.15) is 12.5 Å². The van der Waals surface area contributed by atoms with Crippen molar-refractivity contribution in [3.8, 4) is 0 Å². The van der Waals surface area contributed by atoms with Crippen molar-refractivity contribution < 1.29 is 18.5 Å². The van der Waals surface area contributed by atoms with Gasteiger partial charge in [0.05, 0.1) is 17.7 Å². The molecule has 1 atom stereocenters. The first-order valence-electron chi connectivity index (χ1n) is 6.80. The van der Waals surface area contributed by atoms with E-state index in [2.05, 4.69) is 0 Å². The highest BCUT2D eigenvalue weighted by Crippen LogP contribution is 2.36. The van der Waals surface area contributed by atoms with Crippen LogP contribution in [-0.2, 0) is 20.7 Å². The van der Waals surface area contributed by atoms with Crippen LogP contribution in [0.3, 0.4) is 0 Å². The minimum Gasteiger partial charge on any atom is -0.399 e. The normalized spacial score (nSPS) is 26.9. The first-order valence-corrected chi connectivity index (χ1v) is 6.80. The molecule has 3 rings (SSSR count). The van der Waals surface area contributed by atoms with Crippen LogP contribution in [-0.4, -0.2) is 30.1 Å². The lowest BCUT2D eigenvalue weighted by molar-refractivity contribution is 0.00578. The lowest BCUT2D eigenvalue weighted by Gasteiger charge is -2.32. The molecule has 4 nitrogen and oxygen atoms in total. The average Bonchev–Trinajstić information content (AvgIpc) is 3.07. The van der Waals surface area contributed by atoms with E-state index in [4.69, 9.17) is 14.1 Å². The van der Waals surface area contributed by atoms with Crippen LogP contribution in [0.2, 0.25) is 0 Å². The van der Waals surface area contributed by atoms with Crippen LogP contribution in [0, 0.1) is 5.82 Å². The number of hydrogen-bond acceptors (Lipinski definition) is 4. The monoisotopic (exact) mass is 279 g/mol. The van der Waals surface area contributed by atoms with Gasteiger partial charge in [0.15, 0.2) is 0 Å². The maximum absolute atomic E-state index is 14.3. The summed E-state index contributed by atoms with van der Waals surface area (Å²) in [5.74, 6) is -0.303. The summed E-state index contributed by atoms with van der Waals surface area (Å²) in [6.07, 6.45) is 0. The zero-order chi connectivity index (χ0) is 14.5. The largest absolute Gasteiger partial charge is 0.497 e. The molecule has 0 bridgehead atoms. The number of benzene rings is 1. The Hall–Kier alpha value is -0.945. The van der Waals surface area contributed by atoms with Crippen LogP contribution in [0.1, 0.15) is 33.3 Å². The molecule has 2 fully saturated rings. The lowest BCUT2D eigenvalue weighted by atomic mass is 9.78. The van der Waals surface area contributed by atoms with Crippen molar-refractivity contribution in [3.63, 3.8) is 0 Å². The van der Waals surface area contributed by atoms with Crippen LogP contribution in [0.5, 0.6) is 0 Å². The van der Waals surface area contributed by atoms with Gasteiger partial charge in [0.25, 0.3) is 0 Å². The number of hydrogen-bond donors (Lipinski definition) is 0. The average molecular weight is 279 g/mol. The molecule has 108 valence electrons. The molecule has 20 heavy (non-hydrogen) atoms. The van der Waals surface area contributed by atoms with Gasteiger partial charge in [-0.2, -0.15) is 5.06 Å². The molecular formula is C14H19BFNO3. The highest BCUT2D eigenvalue weighted by Gasteiger charge is 2.52. The lowest BCUT2D eigenvalue weighted by Crippen LogP contribution is -2.41. The molecule has 0 saturated carbocycles. The quantitative estimate of drug-likeness (QED) is 0.624. The Labute approximate surface area is 118 Å². The third-order valence-electron chi connectivity index (χ3n) is 4.24. The first-order chi connectivity index (χ1) is 9.28. The summed E-state index contributed by atoms with van der Waals surface area (Å²) in [5, 5.41) is 1.75. The van der Waals surface area contributed by atoms with Crippen molar-refractivity contribution in [2.24, 2.45) is 0 Å².